The van der Waals surface area contributed by atoms with Crippen LogP contribution in [0.5, 0.6) is 0 Å². The third kappa shape index (κ3) is 4.00. The lowest BCUT2D eigenvalue weighted by atomic mass is 10.1. The van der Waals surface area contributed by atoms with Crippen molar-refractivity contribution in [3.8, 4) is 0 Å². The molecule has 3 rings (SSSR count). The molecule has 0 N–H and O–H groups in total. The molecule has 1 heterocycles. The summed E-state index contributed by atoms with van der Waals surface area (Å²) in [6, 6.07) is 13.4. The van der Waals surface area contributed by atoms with Gasteiger partial charge in [0.1, 0.15) is 11.4 Å². The Balaban J connectivity index is 1.99. The van der Waals surface area contributed by atoms with E-state index >= 15 is 0 Å². The number of nitrogens with zero attached hydrogens (tertiary/aromatic N) is 1. The van der Waals surface area contributed by atoms with Gasteiger partial charge in [-0.2, -0.15) is 0 Å². The first-order chi connectivity index (χ1) is 12.5. The van der Waals surface area contributed by atoms with E-state index in [1.54, 1.807) is 42.2 Å². The molecule has 136 valence electrons. The predicted molar refractivity (Wildman–Crippen MR) is 105 cm³/mol. The normalized spacial score (nSPS) is 19.4. The van der Waals surface area contributed by atoms with Crippen LogP contribution in [0.15, 0.2) is 48.5 Å². The van der Waals surface area contributed by atoms with Gasteiger partial charge in [-0.15, -0.1) is 11.8 Å². The van der Waals surface area contributed by atoms with Crippen LogP contribution in [0.4, 0.5) is 0 Å². The van der Waals surface area contributed by atoms with Crippen LogP contribution in [0.1, 0.15) is 28.2 Å². The van der Waals surface area contributed by atoms with Crippen LogP contribution in [-0.2, 0) is 9.53 Å². The molecule has 1 aliphatic heterocycles. The van der Waals surface area contributed by atoms with E-state index < -0.39 is 12.0 Å². The summed E-state index contributed by atoms with van der Waals surface area (Å²) in [6.07, 6.45) is 0. The number of carbonyl (C=O) groups excluding carboxylic acids is 2. The number of ether oxygens (including phenoxy) is 1. The van der Waals surface area contributed by atoms with Gasteiger partial charge in [0.15, 0.2) is 0 Å². The van der Waals surface area contributed by atoms with E-state index in [9.17, 15) is 9.59 Å². The second-order valence-electron chi connectivity index (χ2n) is 5.73. The van der Waals surface area contributed by atoms with Crippen LogP contribution in [-0.4, -0.2) is 35.2 Å². The number of halogens is 2. The summed E-state index contributed by atoms with van der Waals surface area (Å²) in [5.74, 6) is -0.206. The SMILES string of the molecule is CCOC(=O)C1CSC(c2cccc(Cl)c2)N1C(=O)c1cccc(Cl)c1. The maximum atomic E-state index is 13.2. The van der Waals surface area contributed by atoms with E-state index in [1.165, 1.54) is 11.8 Å². The Morgan fingerprint density at radius 2 is 1.85 bits per heavy atom. The molecule has 1 aliphatic rings. The summed E-state index contributed by atoms with van der Waals surface area (Å²) in [4.78, 5) is 27.2. The lowest BCUT2D eigenvalue weighted by Gasteiger charge is -2.28. The van der Waals surface area contributed by atoms with E-state index in [1.807, 2.05) is 18.2 Å². The smallest absolute Gasteiger partial charge is 0.329 e. The number of esters is 1. The number of carbonyl (C=O) groups is 2. The summed E-state index contributed by atoms with van der Waals surface area (Å²) in [6.45, 7) is 2.01. The van der Waals surface area contributed by atoms with Gasteiger partial charge >= 0.3 is 5.97 Å². The number of thioether (sulfide) groups is 1. The average Bonchev–Trinajstić information content (AvgIpc) is 3.06. The maximum absolute atomic E-state index is 13.2. The highest BCUT2D eigenvalue weighted by Crippen LogP contribution is 2.43. The van der Waals surface area contributed by atoms with Crippen LogP contribution in [0.3, 0.4) is 0 Å². The molecule has 0 aliphatic carbocycles. The van der Waals surface area contributed by atoms with Crippen molar-refractivity contribution in [2.45, 2.75) is 18.3 Å². The molecule has 2 aromatic rings. The van der Waals surface area contributed by atoms with Crippen molar-refractivity contribution in [1.29, 1.82) is 0 Å². The fourth-order valence-electron chi connectivity index (χ4n) is 2.86. The Morgan fingerprint density at radius 3 is 2.50 bits per heavy atom. The first kappa shape index (κ1) is 19.1. The molecule has 0 saturated carbocycles. The monoisotopic (exact) mass is 409 g/mol. The Hall–Kier alpha value is -1.69. The van der Waals surface area contributed by atoms with Crippen LogP contribution >= 0.6 is 35.0 Å². The molecular formula is C19H17Cl2NO3S. The quantitative estimate of drug-likeness (QED) is 0.679. The van der Waals surface area contributed by atoms with Gasteiger partial charge < -0.3 is 9.64 Å². The van der Waals surface area contributed by atoms with Gasteiger partial charge in [-0.3, -0.25) is 4.79 Å². The number of rotatable bonds is 4. The molecule has 2 atom stereocenters. The van der Waals surface area contributed by atoms with E-state index in [2.05, 4.69) is 0 Å². The topological polar surface area (TPSA) is 46.6 Å². The van der Waals surface area contributed by atoms with Crippen molar-refractivity contribution in [2.24, 2.45) is 0 Å². The van der Waals surface area contributed by atoms with E-state index in [4.69, 9.17) is 27.9 Å². The highest BCUT2D eigenvalue weighted by molar-refractivity contribution is 7.99. The second kappa shape index (κ2) is 8.33. The highest BCUT2D eigenvalue weighted by atomic mass is 35.5. The number of amides is 1. The maximum Gasteiger partial charge on any atom is 0.329 e. The molecule has 2 aromatic carbocycles. The summed E-state index contributed by atoms with van der Waals surface area (Å²) >= 11 is 13.7. The van der Waals surface area contributed by atoms with Gasteiger partial charge in [0.05, 0.1) is 6.61 Å². The fraction of sp³-hybridized carbons (Fsp3) is 0.263. The van der Waals surface area contributed by atoms with Crippen molar-refractivity contribution in [2.75, 3.05) is 12.4 Å². The van der Waals surface area contributed by atoms with Gasteiger partial charge in [-0.05, 0) is 42.8 Å². The molecule has 0 spiro atoms. The van der Waals surface area contributed by atoms with Crippen molar-refractivity contribution < 1.29 is 14.3 Å². The molecule has 2 unspecified atom stereocenters. The van der Waals surface area contributed by atoms with Gasteiger partial charge in [-0.25, -0.2) is 4.79 Å². The molecule has 0 radical (unpaired) electrons. The van der Waals surface area contributed by atoms with Gasteiger partial charge in [0, 0.05) is 21.4 Å². The summed E-state index contributed by atoms with van der Waals surface area (Å²) < 4.78 is 5.18. The second-order valence-corrected chi connectivity index (χ2v) is 7.72. The third-order valence-corrected chi connectivity index (χ3v) is 5.79. The van der Waals surface area contributed by atoms with E-state index in [0.717, 1.165) is 5.56 Å². The Labute approximate surface area is 166 Å². The molecule has 1 amide bonds. The van der Waals surface area contributed by atoms with Crippen LogP contribution in [0.2, 0.25) is 10.0 Å². The van der Waals surface area contributed by atoms with E-state index in [-0.39, 0.29) is 17.9 Å². The van der Waals surface area contributed by atoms with Gasteiger partial charge in [0.25, 0.3) is 5.91 Å². The average molecular weight is 410 g/mol. The van der Waals surface area contributed by atoms with Gasteiger partial charge in [0.2, 0.25) is 0 Å². The Bertz CT molecular complexity index is 830. The van der Waals surface area contributed by atoms with Crippen molar-refractivity contribution in [3.05, 3.63) is 69.7 Å². The minimum Gasteiger partial charge on any atom is -0.464 e. The first-order valence-electron chi connectivity index (χ1n) is 8.13. The largest absolute Gasteiger partial charge is 0.464 e. The summed E-state index contributed by atoms with van der Waals surface area (Å²) in [7, 11) is 0. The lowest BCUT2D eigenvalue weighted by molar-refractivity contribution is -0.147. The summed E-state index contributed by atoms with van der Waals surface area (Å²) in [5.41, 5.74) is 1.30. The lowest BCUT2D eigenvalue weighted by Crippen LogP contribution is -2.43. The zero-order valence-corrected chi connectivity index (χ0v) is 16.4. The van der Waals surface area contributed by atoms with Crippen molar-refractivity contribution in [1.82, 2.24) is 4.90 Å². The Kier molecular flexibility index (Phi) is 6.12. The number of hydrogen-bond donors (Lipinski definition) is 0. The minimum atomic E-state index is -0.657. The molecule has 26 heavy (non-hydrogen) atoms. The molecule has 7 heteroatoms. The molecule has 0 aromatic heterocycles. The van der Waals surface area contributed by atoms with Crippen LogP contribution in [0, 0.1) is 0 Å². The van der Waals surface area contributed by atoms with Crippen molar-refractivity contribution >= 4 is 46.8 Å². The summed E-state index contributed by atoms with van der Waals surface area (Å²) in [5, 5.41) is 0.724. The van der Waals surface area contributed by atoms with Gasteiger partial charge in [-0.1, -0.05) is 41.4 Å². The molecule has 1 saturated heterocycles. The van der Waals surface area contributed by atoms with Crippen LogP contribution in [0.25, 0.3) is 0 Å². The molecule has 1 fully saturated rings. The zero-order chi connectivity index (χ0) is 18.7. The number of hydrogen-bond acceptors (Lipinski definition) is 4. The molecular weight excluding hydrogens is 393 g/mol. The van der Waals surface area contributed by atoms with Crippen LogP contribution < -0.4 is 0 Å². The Morgan fingerprint density at radius 1 is 1.15 bits per heavy atom. The number of benzene rings is 2. The highest BCUT2D eigenvalue weighted by Gasteiger charge is 2.43. The van der Waals surface area contributed by atoms with Crippen molar-refractivity contribution in [3.63, 3.8) is 0 Å². The predicted octanol–water partition coefficient (Wildman–Crippen LogP) is 4.81. The van der Waals surface area contributed by atoms with E-state index in [0.29, 0.717) is 21.4 Å². The molecule has 4 nitrogen and oxygen atoms in total. The minimum absolute atomic E-state index is 0.263. The zero-order valence-electron chi connectivity index (χ0n) is 14.0. The third-order valence-electron chi connectivity index (χ3n) is 4.00. The fourth-order valence-corrected chi connectivity index (χ4v) is 4.65. The first-order valence-corrected chi connectivity index (χ1v) is 9.93. The standard InChI is InChI=1S/C19H17Cl2NO3S/c1-2-25-19(24)16-11-26-18(13-6-4-8-15(21)10-13)22(16)17(23)12-5-3-7-14(20)9-12/h3-10,16,18H,2,11H2,1H3. The molecule has 0 bridgehead atoms.